The number of nitrogens with one attached hydrogen (secondary N) is 1. The smallest absolute Gasteiger partial charge is 0.286 e. The van der Waals surface area contributed by atoms with E-state index >= 15 is 0 Å². The molecule has 4 rings (SSSR count). The maximum absolute atomic E-state index is 11.7. The van der Waals surface area contributed by atoms with Crippen molar-refractivity contribution >= 4 is 40.2 Å². The second kappa shape index (κ2) is 10.4. The van der Waals surface area contributed by atoms with Gasteiger partial charge in [-0.1, -0.05) is 49.0 Å². The van der Waals surface area contributed by atoms with E-state index in [1.807, 2.05) is 54.6 Å². The summed E-state index contributed by atoms with van der Waals surface area (Å²) in [6.45, 7) is 3.11. The second-order valence-electron chi connectivity index (χ2n) is 8.04. The molecule has 1 N–H and O–H groups in total. The van der Waals surface area contributed by atoms with Gasteiger partial charge in [0.05, 0.1) is 11.9 Å². The van der Waals surface area contributed by atoms with Crippen molar-refractivity contribution < 1.29 is 23.8 Å². The number of imide groups is 1. The average molecular weight is 472 g/mol. The number of carbonyl (C=O) groups excluding carboxylic acids is 2. The van der Waals surface area contributed by atoms with E-state index in [2.05, 4.69) is 12.2 Å². The van der Waals surface area contributed by atoms with Gasteiger partial charge in [-0.2, -0.15) is 0 Å². The lowest BCUT2D eigenvalue weighted by Crippen LogP contribution is -2.25. The number of carbonyl (C=O) groups is 2. The Kier molecular flexibility index (Phi) is 7.32. The lowest BCUT2D eigenvalue weighted by Gasteiger charge is -2.18. The van der Waals surface area contributed by atoms with Crippen molar-refractivity contribution in [1.82, 2.24) is 5.32 Å². The van der Waals surface area contributed by atoms with E-state index in [-0.39, 0.29) is 34.3 Å². The highest BCUT2D eigenvalue weighted by molar-refractivity contribution is 8.15. The van der Waals surface area contributed by atoms with Gasteiger partial charge in [0.15, 0.2) is 5.05 Å². The lowest BCUT2D eigenvalue weighted by molar-refractivity contribution is -0.118. The number of thiocarbonyl (C=S) groups is 1. The fourth-order valence-corrected chi connectivity index (χ4v) is 5.08. The molecule has 2 heterocycles. The number of para-hydroxylation sites is 1. The minimum atomic E-state index is -0.364. The van der Waals surface area contributed by atoms with Gasteiger partial charge in [-0.15, -0.1) is 0 Å². The van der Waals surface area contributed by atoms with Gasteiger partial charge in [0.25, 0.3) is 5.24 Å². The summed E-state index contributed by atoms with van der Waals surface area (Å²) >= 11 is 6.51. The Balaban J connectivity index is 1.22. The molecule has 0 bridgehead atoms. The van der Waals surface area contributed by atoms with E-state index in [1.54, 1.807) is 0 Å². The number of rotatable bonds is 9. The first-order valence-electron chi connectivity index (χ1n) is 10.6. The van der Waals surface area contributed by atoms with Crippen LogP contribution in [-0.2, 0) is 16.0 Å². The first-order chi connectivity index (χ1) is 15.5. The number of thioether (sulfide) groups is 1. The van der Waals surface area contributed by atoms with E-state index < -0.39 is 0 Å². The quantitative estimate of drug-likeness (QED) is 0.543. The summed E-state index contributed by atoms with van der Waals surface area (Å²) in [7, 11) is 0. The third kappa shape index (κ3) is 5.81. The Morgan fingerprint density at radius 1 is 1.09 bits per heavy atom. The molecular weight excluding hydrogens is 446 g/mol. The van der Waals surface area contributed by atoms with Gasteiger partial charge >= 0.3 is 0 Å². The summed E-state index contributed by atoms with van der Waals surface area (Å²) in [6, 6.07) is 17.3. The maximum Gasteiger partial charge on any atom is 0.286 e. The Morgan fingerprint density at radius 2 is 1.81 bits per heavy atom. The molecule has 2 aromatic rings. The summed E-state index contributed by atoms with van der Waals surface area (Å²) in [5.74, 6) is 1.70. The number of hydrogen-bond donors (Lipinski definition) is 1. The third-order valence-electron chi connectivity index (χ3n) is 5.59. The second-order valence-corrected chi connectivity index (χ2v) is 9.62. The van der Waals surface area contributed by atoms with Crippen LogP contribution in [-0.4, -0.2) is 40.8 Å². The van der Waals surface area contributed by atoms with E-state index in [0.29, 0.717) is 24.7 Å². The van der Waals surface area contributed by atoms with Crippen LogP contribution in [0.15, 0.2) is 54.6 Å². The van der Waals surface area contributed by atoms with Crippen molar-refractivity contribution in [2.75, 3.05) is 13.2 Å². The highest BCUT2D eigenvalue weighted by Crippen LogP contribution is 2.30. The fraction of sp³-hybridized carbons (Fsp3) is 0.375. The van der Waals surface area contributed by atoms with Crippen molar-refractivity contribution in [3.63, 3.8) is 0 Å². The molecule has 2 saturated heterocycles. The fourth-order valence-electron chi connectivity index (χ4n) is 3.76. The number of ether oxygens (including phenoxy) is 3. The summed E-state index contributed by atoms with van der Waals surface area (Å²) in [5, 5.41) is 2.29. The van der Waals surface area contributed by atoms with Gasteiger partial charge in [-0.25, -0.2) is 0 Å². The molecule has 2 fully saturated rings. The molecule has 2 aromatic carbocycles. The summed E-state index contributed by atoms with van der Waals surface area (Å²) in [5.41, 5.74) is 0.986. The van der Waals surface area contributed by atoms with Crippen molar-refractivity contribution in [3.8, 4) is 11.5 Å². The van der Waals surface area contributed by atoms with E-state index in [9.17, 15) is 9.59 Å². The van der Waals surface area contributed by atoms with Gasteiger partial charge in [-0.05, 0) is 54.9 Å². The SMILES string of the molecule is CC(COc1ccc(CC2SC(=O)NC2=O)cc1)C1CC(COc2ccccc2)OC1=S. The van der Waals surface area contributed by atoms with Crippen molar-refractivity contribution in [1.29, 1.82) is 0 Å². The molecule has 2 aliphatic heterocycles. The summed E-state index contributed by atoms with van der Waals surface area (Å²) < 4.78 is 17.6. The zero-order chi connectivity index (χ0) is 22.5. The van der Waals surface area contributed by atoms with E-state index in [1.165, 1.54) is 0 Å². The molecule has 8 heteroatoms. The van der Waals surface area contributed by atoms with Crippen molar-refractivity contribution in [2.24, 2.45) is 11.8 Å². The topological polar surface area (TPSA) is 73.9 Å². The molecular formula is C24H25NO5S2. The van der Waals surface area contributed by atoms with Crippen LogP contribution >= 0.6 is 24.0 Å². The molecule has 0 radical (unpaired) electrons. The maximum atomic E-state index is 11.7. The Hall–Kier alpha value is -2.58. The molecule has 2 aliphatic rings. The molecule has 0 aliphatic carbocycles. The van der Waals surface area contributed by atoms with Crippen LogP contribution in [0.3, 0.4) is 0 Å². The molecule has 32 heavy (non-hydrogen) atoms. The van der Waals surface area contributed by atoms with Crippen LogP contribution in [0.4, 0.5) is 4.79 Å². The Bertz CT molecular complexity index is 966. The highest BCUT2D eigenvalue weighted by atomic mass is 32.2. The van der Waals surface area contributed by atoms with E-state index in [4.69, 9.17) is 26.4 Å². The average Bonchev–Trinajstić information content (AvgIpc) is 3.32. The van der Waals surface area contributed by atoms with E-state index in [0.717, 1.165) is 35.2 Å². The summed E-state index contributed by atoms with van der Waals surface area (Å²) in [4.78, 5) is 23.0. The molecule has 0 aromatic heterocycles. The predicted molar refractivity (Wildman–Crippen MR) is 127 cm³/mol. The standard InChI is InChI=1S/C24H25NO5S2/c1-15(20-12-19(30-23(20)31)14-29-17-5-3-2-4-6-17)13-28-18-9-7-16(8-10-18)11-21-22(26)25-24(27)32-21/h2-10,15,19-21H,11-14H2,1H3,(H,25,26,27). The van der Waals surface area contributed by atoms with Crippen LogP contribution in [0.2, 0.25) is 0 Å². The van der Waals surface area contributed by atoms with Gasteiger partial charge in [-0.3, -0.25) is 14.9 Å². The normalized spacial score (nSPS) is 23.5. The van der Waals surface area contributed by atoms with Crippen LogP contribution in [0.25, 0.3) is 0 Å². The molecule has 0 spiro atoms. The van der Waals surface area contributed by atoms with Crippen LogP contribution in [0.1, 0.15) is 18.9 Å². The monoisotopic (exact) mass is 471 g/mol. The predicted octanol–water partition coefficient (Wildman–Crippen LogP) is 4.41. The molecule has 168 valence electrons. The molecule has 2 amide bonds. The van der Waals surface area contributed by atoms with Crippen molar-refractivity contribution in [3.05, 3.63) is 60.2 Å². The first kappa shape index (κ1) is 22.6. The molecule has 6 nitrogen and oxygen atoms in total. The largest absolute Gasteiger partial charge is 0.493 e. The number of benzene rings is 2. The number of hydrogen-bond acceptors (Lipinski definition) is 7. The molecule has 0 saturated carbocycles. The Morgan fingerprint density at radius 3 is 2.50 bits per heavy atom. The molecule has 4 atom stereocenters. The van der Waals surface area contributed by atoms with Crippen LogP contribution in [0.5, 0.6) is 11.5 Å². The van der Waals surface area contributed by atoms with Gasteiger partial charge in [0.1, 0.15) is 24.2 Å². The third-order valence-corrected chi connectivity index (χ3v) is 6.97. The van der Waals surface area contributed by atoms with Gasteiger partial charge in [0.2, 0.25) is 5.91 Å². The highest BCUT2D eigenvalue weighted by Gasteiger charge is 2.36. The first-order valence-corrected chi connectivity index (χ1v) is 11.9. The van der Waals surface area contributed by atoms with Gasteiger partial charge < -0.3 is 14.2 Å². The zero-order valence-corrected chi connectivity index (χ0v) is 19.3. The minimum absolute atomic E-state index is 0.0491. The minimum Gasteiger partial charge on any atom is -0.493 e. The van der Waals surface area contributed by atoms with Crippen LogP contribution < -0.4 is 14.8 Å². The zero-order valence-electron chi connectivity index (χ0n) is 17.7. The Labute approximate surface area is 197 Å². The molecule has 4 unspecified atom stereocenters. The van der Waals surface area contributed by atoms with Crippen LogP contribution in [0, 0.1) is 11.8 Å². The lowest BCUT2D eigenvalue weighted by atomic mass is 9.92. The van der Waals surface area contributed by atoms with Gasteiger partial charge in [0, 0.05) is 11.8 Å². The summed E-state index contributed by atoms with van der Waals surface area (Å²) in [6.07, 6.45) is 1.28. The number of amides is 2. The van der Waals surface area contributed by atoms with Crippen molar-refractivity contribution in [2.45, 2.75) is 31.1 Å².